The Kier molecular flexibility index (Phi) is 12.2. The van der Waals surface area contributed by atoms with Crippen molar-refractivity contribution in [1.29, 1.82) is 0 Å². The average molecular weight is 439 g/mol. The molecule has 0 aromatic heterocycles. The fraction of sp³-hybridized carbons (Fsp3) is 0.529. The zero-order valence-electron chi connectivity index (χ0n) is 14.6. The van der Waals surface area contributed by atoms with Crippen LogP contribution in [-0.2, 0) is 4.79 Å². The van der Waals surface area contributed by atoms with E-state index < -0.39 is 11.9 Å². The second kappa shape index (κ2) is 13.6. The summed E-state index contributed by atoms with van der Waals surface area (Å²) in [5.74, 6) is 1.76. The van der Waals surface area contributed by atoms with E-state index in [0.717, 1.165) is 23.7 Å². The van der Waals surface area contributed by atoms with Gasteiger partial charge in [0.05, 0.1) is 10.6 Å². The summed E-state index contributed by atoms with van der Waals surface area (Å²) in [6.07, 6.45) is 3.22. The number of rotatable bonds is 12. The molecule has 146 valence electrons. The highest BCUT2D eigenvalue weighted by Crippen LogP contribution is 2.21. The van der Waals surface area contributed by atoms with Gasteiger partial charge in [-0.3, -0.25) is 9.59 Å². The molecule has 0 saturated carbocycles. The summed E-state index contributed by atoms with van der Waals surface area (Å²) in [5, 5.41) is 15.0. The minimum Gasteiger partial charge on any atom is -0.396 e. The standard InChI is InChI=1S/C17H24Cl2N2O3S2/c1-25-9-5-15(17(24)20-6-10-26-8-2-7-22)21-16(23)13-4-3-12(18)11-14(13)19/h3-4,11,15,22H,2,5-10H2,1H3,(H,20,24)(H,21,23)/t15-/m0/s1. The van der Waals surface area contributed by atoms with Crippen LogP contribution in [0.15, 0.2) is 18.2 Å². The summed E-state index contributed by atoms with van der Waals surface area (Å²) in [4.78, 5) is 24.9. The van der Waals surface area contributed by atoms with E-state index in [2.05, 4.69) is 10.6 Å². The molecule has 9 heteroatoms. The lowest BCUT2D eigenvalue weighted by Crippen LogP contribution is -2.47. The van der Waals surface area contributed by atoms with Crippen molar-refractivity contribution in [3.8, 4) is 0 Å². The molecule has 26 heavy (non-hydrogen) atoms. The lowest BCUT2D eigenvalue weighted by molar-refractivity contribution is -0.122. The number of nitrogens with one attached hydrogen (secondary N) is 2. The quantitative estimate of drug-likeness (QED) is 0.437. The molecule has 1 atom stereocenters. The van der Waals surface area contributed by atoms with Crippen LogP contribution in [0.2, 0.25) is 10.0 Å². The van der Waals surface area contributed by atoms with E-state index in [-0.39, 0.29) is 23.1 Å². The first-order valence-corrected chi connectivity index (χ1v) is 11.5. The molecular weight excluding hydrogens is 415 g/mol. The molecule has 1 aromatic rings. The van der Waals surface area contributed by atoms with Gasteiger partial charge >= 0.3 is 0 Å². The molecule has 3 N–H and O–H groups in total. The summed E-state index contributed by atoms with van der Waals surface area (Å²) in [7, 11) is 0. The Labute approximate surface area is 173 Å². The number of aliphatic hydroxyl groups is 1. The number of halogens is 2. The van der Waals surface area contributed by atoms with Crippen LogP contribution in [0, 0.1) is 0 Å². The topological polar surface area (TPSA) is 78.4 Å². The molecule has 1 rings (SSSR count). The van der Waals surface area contributed by atoms with Gasteiger partial charge < -0.3 is 15.7 Å². The van der Waals surface area contributed by atoms with Crippen LogP contribution in [0.5, 0.6) is 0 Å². The zero-order valence-corrected chi connectivity index (χ0v) is 17.7. The number of hydrogen-bond acceptors (Lipinski definition) is 5. The van der Waals surface area contributed by atoms with Crippen LogP contribution >= 0.6 is 46.7 Å². The molecule has 1 aromatic carbocycles. The number of carbonyl (C=O) groups is 2. The Hall–Kier alpha value is -0.600. The van der Waals surface area contributed by atoms with Crippen LogP contribution in [0.1, 0.15) is 23.2 Å². The van der Waals surface area contributed by atoms with Crippen molar-refractivity contribution in [3.63, 3.8) is 0 Å². The molecule has 0 aliphatic heterocycles. The highest BCUT2D eigenvalue weighted by Gasteiger charge is 2.22. The lowest BCUT2D eigenvalue weighted by atomic mass is 10.1. The molecule has 5 nitrogen and oxygen atoms in total. The van der Waals surface area contributed by atoms with Gasteiger partial charge in [-0.2, -0.15) is 23.5 Å². The maximum Gasteiger partial charge on any atom is 0.253 e. The van der Waals surface area contributed by atoms with Gasteiger partial charge in [0.1, 0.15) is 6.04 Å². The van der Waals surface area contributed by atoms with Gasteiger partial charge in [-0.1, -0.05) is 23.2 Å². The van der Waals surface area contributed by atoms with Gasteiger partial charge in [0.15, 0.2) is 0 Å². The molecule has 0 spiro atoms. The number of carbonyl (C=O) groups excluding carboxylic acids is 2. The minimum absolute atomic E-state index is 0.176. The van der Waals surface area contributed by atoms with Crippen LogP contribution in [0.4, 0.5) is 0 Å². The predicted octanol–water partition coefficient (Wildman–Crippen LogP) is 3.08. The molecule has 0 radical (unpaired) electrons. The SMILES string of the molecule is CSCC[C@H](NC(=O)c1ccc(Cl)cc1Cl)C(=O)NCCSCCCO. The Morgan fingerprint density at radius 2 is 2.00 bits per heavy atom. The van der Waals surface area contributed by atoms with E-state index in [1.54, 1.807) is 35.7 Å². The summed E-state index contributed by atoms with van der Waals surface area (Å²) in [6.45, 7) is 0.692. The van der Waals surface area contributed by atoms with Gasteiger partial charge in [-0.05, 0) is 48.8 Å². The molecule has 0 aliphatic rings. The van der Waals surface area contributed by atoms with Crippen LogP contribution in [0.25, 0.3) is 0 Å². The van der Waals surface area contributed by atoms with E-state index in [0.29, 0.717) is 18.0 Å². The second-order valence-corrected chi connectivity index (χ2v) is 8.47. The summed E-state index contributed by atoms with van der Waals surface area (Å²) in [5.41, 5.74) is 0.289. The van der Waals surface area contributed by atoms with Crippen molar-refractivity contribution in [2.24, 2.45) is 0 Å². The number of hydrogen-bond donors (Lipinski definition) is 3. The summed E-state index contributed by atoms with van der Waals surface area (Å²) >= 11 is 15.2. The zero-order chi connectivity index (χ0) is 19.4. The first kappa shape index (κ1) is 23.4. The van der Waals surface area contributed by atoms with E-state index in [9.17, 15) is 9.59 Å². The first-order chi connectivity index (χ1) is 12.5. The van der Waals surface area contributed by atoms with Crippen molar-refractivity contribution >= 4 is 58.5 Å². The molecule has 0 aliphatic carbocycles. The first-order valence-electron chi connectivity index (χ1n) is 8.20. The summed E-state index contributed by atoms with van der Waals surface area (Å²) in [6, 6.07) is 4.01. The van der Waals surface area contributed by atoms with E-state index in [1.165, 1.54) is 6.07 Å². The second-order valence-electron chi connectivity index (χ2n) is 5.41. The van der Waals surface area contributed by atoms with Crippen molar-refractivity contribution in [1.82, 2.24) is 10.6 Å². The third-order valence-electron chi connectivity index (χ3n) is 3.40. The van der Waals surface area contributed by atoms with E-state index in [4.69, 9.17) is 28.3 Å². The molecule has 0 bridgehead atoms. The van der Waals surface area contributed by atoms with Crippen LogP contribution in [0.3, 0.4) is 0 Å². The number of aliphatic hydroxyl groups excluding tert-OH is 1. The third-order valence-corrected chi connectivity index (χ3v) is 5.66. The van der Waals surface area contributed by atoms with Gasteiger partial charge in [0.25, 0.3) is 5.91 Å². The largest absolute Gasteiger partial charge is 0.396 e. The fourth-order valence-electron chi connectivity index (χ4n) is 2.05. The lowest BCUT2D eigenvalue weighted by Gasteiger charge is -2.18. The smallest absolute Gasteiger partial charge is 0.253 e. The molecule has 0 unspecified atom stereocenters. The van der Waals surface area contributed by atoms with Crippen molar-refractivity contribution < 1.29 is 14.7 Å². The van der Waals surface area contributed by atoms with Crippen molar-refractivity contribution in [2.45, 2.75) is 18.9 Å². The van der Waals surface area contributed by atoms with Crippen molar-refractivity contribution in [3.05, 3.63) is 33.8 Å². The third kappa shape index (κ3) is 8.86. The minimum atomic E-state index is -0.621. The Morgan fingerprint density at radius 1 is 1.23 bits per heavy atom. The number of amides is 2. The predicted molar refractivity (Wildman–Crippen MR) is 113 cm³/mol. The maximum atomic E-state index is 12.4. The molecule has 0 fully saturated rings. The van der Waals surface area contributed by atoms with Crippen LogP contribution in [-0.4, -0.2) is 59.6 Å². The van der Waals surface area contributed by atoms with Gasteiger partial charge in [-0.25, -0.2) is 0 Å². The number of thioether (sulfide) groups is 2. The van der Waals surface area contributed by atoms with E-state index >= 15 is 0 Å². The average Bonchev–Trinajstić information content (AvgIpc) is 2.61. The normalized spacial score (nSPS) is 11.8. The molecule has 0 saturated heterocycles. The Balaban J connectivity index is 2.58. The van der Waals surface area contributed by atoms with Crippen molar-refractivity contribution in [2.75, 3.05) is 36.7 Å². The van der Waals surface area contributed by atoms with E-state index in [1.807, 2.05) is 6.26 Å². The highest BCUT2D eigenvalue weighted by molar-refractivity contribution is 7.99. The molecular formula is C17H24Cl2N2O3S2. The van der Waals surface area contributed by atoms with Crippen LogP contribution < -0.4 is 10.6 Å². The molecule has 2 amide bonds. The summed E-state index contributed by atoms with van der Waals surface area (Å²) < 4.78 is 0. The van der Waals surface area contributed by atoms with Gasteiger partial charge in [-0.15, -0.1) is 0 Å². The molecule has 0 heterocycles. The Morgan fingerprint density at radius 3 is 2.65 bits per heavy atom. The van der Waals surface area contributed by atoms with Gasteiger partial charge in [0, 0.05) is 23.9 Å². The highest BCUT2D eigenvalue weighted by atomic mass is 35.5. The maximum absolute atomic E-state index is 12.4. The monoisotopic (exact) mass is 438 g/mol. The van der Waals surface area contributed by atoms with Gasteiger partial charge in [0.2, 0.25) is 5.91 Å². The Bertz CT molecular complexity index is 591. The number of benzene rings is 1. The fourth-order valence-corrected chi connectivity index (χ4v) is 3.80.